The first-order valence-electron chi connectivity index (χ1n) is 9.80. The van der Waals surface area contributed by atoms with Crippen LogP contribution in [0.2, 0.25) is 0 Å². The third-order valence-corrected chi connectivity index (χ3v) is 5.37. The monoisotopic (exact) mass is 395 g/mol. The first-order chi connectivity index (χ1) is 14.2. The Morgan fingerprint density at radius 3 is 2.72 bits per heavy atom. The maximum absolute atomic E-state index is 12.7. The second kappa shape index (κ2) is 8.53. The maximum atomic E-state index is 12.7. The highest BCUT2D eigenvalue weighted by atomic mass is 16.5. The van der Waals surface area contributed by atoms with Gasteiger partial charge in [-0.1, -0.05) is 36.4 Å². The molecule has 2 aromatic carbocycles. The average Bonchev–Trinajstić information content (AvgIpc) is 3.12. The van der Waals surface area contributed by atoms with E-state index in [1.165, 1.54) is 11.1 Å². The van der Waals surface area contributed by atoms with Crippen molar-refractivity contribution in [1.82, 2.24) is 10.2 Å². The summed E-state index contributed by atoms with van der Waals surface area (Å²) in [7, 11) is 1.58. The van der Waals surface area contributed by atoms with Gasteiger partial charge in [0, 0.05) is 26.1 Å². The van der Waals surface area contributed by atoms with Gasteiger partial charge in [-0.15, -0.1) is 0 Å². The molecule has 2 heterocycles. The molecule has 0 saturated carbocycles. The van der Waals surface area contributed by atoms with Crippen LogP contribution < -0.4 is 15.0 Å². The molecule has 7 nitrogen and oxygen atoms in total. The lowest BCUT2D eigenvalue weighted by molar-refractivity contribution is -0.122. The van der Waals surface area contributed by atoms with Crippen LogP contribution in [-0.2, 0) is 22.6 Å². The number of hydrogen-bond donors (Lipinski definition) is 1. The van der Waals surface area contributed by atoms with E-state index in [0.29, 0.717) is 32.0 Å². The normalized spacial score (nSPS) is 18.5. The summed E-state index contributed by atoms with van der Waals surface area (Å²) >= 11 is 0. The number of ether oxygens (including phenoxy) is 2. The molecule has 1 fully saturated rings. The van der Waals surface area contributed by atoms with Gasteiger partial charge in [-0.3, -0.25) is 9.69 Å². The van der Waals surface area contributed by atoms with Gasteiger partial charge in [0.15, 0.2) is 0 Å². The topological polar surface area (TPSA) is 71.1 Å². The van der Waals surface area contributed by atoms with Crippen LogP contribution in [0.5, 0.6) is 5.75 Å². The predicted molar refractivity (Wildman–Crippen MR) is 109 cm³/mol. The molecule has 1 unspecified atom stereocenters. The highest BCUT2D eigenvalue weighted by Gasteiger charge is 2.32. The number of urea groups is 1. The fourth-order valence-corrected chi connectivity index (χ4v) is 3.80. The van der Waals surface area contributed by atoms with E-state index < -0.39 is 0 Å². The Bertz CT molecular complexity index is 901. The van der Waals surface area contributed by atoms with E-state index in [-0.39, 0.29) is 24.6 Å². The molecule has 29 heavy (non-hydrogen) atoms. The number of methoxy groups -OCH3 is 1. The lowest BCUT2D eigenvalue weighted by Gasteiger charge is -2.26. The van der Waals surface area contributed by atoms with Crippen molar-refractivity contribution in [2.45, 2.75) is 19.1 Å². The molecule has 0 spiro atoms. The molecule has 0 aromatic heterocycles. The van der Waals surface area contributed by atoms with Crippen LogP contribution in [0.4, 0.5) is 10.5 Å². The van der Waals surface area contributed by atoms with E-state index in [1.54, 1.807) is 16.9 Å². The molecule has 3 amide bonds. The zero-order valence-corrected chi connectivity index (χ0v) is 16.5. The Kier molecular flexibility index (Phi) is 5.67. The summed E-state index contributed by atoms with van der Waals surface area (Å²) in [6.45, 7) is 2.06. The van der Waals surface area contributed by atoms with Gasteiger partial charge >= 0.3 is 6.03 Å². The molecule has 1 N–H and O–H groups in total. The fourth-order valence-electron chi connectivity index (χ4n) is 3.80. The molecule has 2 aromatic rings. The summed E-state index contributed by atoms with van der Waals surface area (Å²) in [6, 6.07) is 15.4. The smallest absolute Gasteiger partial charge is 0.325 e. The van der Waals surface area contributed by atoms with Crippen LogP contribution in [0.3, 0.4) is 0 Å². The minimum atomic E-state index is -0.188. The van der Waals surface area contributed by atoms with Gasteiger partial charge in [-0.2, -0.15) is 0 Å². The van der Waals surface area contributed by atoms with Gasteiger partial charge in [0.25, 0.3) is 0 Å². The highest BCUT2D eigenvalue weighted by molar-refractivity contribution is 5.97. The summed E-state index contributed by atoms with van der Waals surface area (Å²) in [6.07, 6.45) is 0.730. The highest BCUT2D eigenvalue weighted by Crippen LogP contribution is 2.30. The van der Waals surface area contributed by atoms with Crippen molar-refractivity contribution in [2.75, 3.05) is 38.2 Å². The number of fused-ring (bicyclic) bond motifs is 1. The van der Waals surface area contributed by atoms with Crippen LogP contribution in [0.15, 0.2) is 48.5 Å². The number of nitrogens with one attached hydrogen (secondary N) is 1. The first-order valence-corrected chi connectivity index (χ1v) is 9.80. The maximum Gasteiger partial charge on any atom is 0.325 e. The number of rotatable bonds is 6. The summed E-state index contributed by atoms with van der Waals surface area (Å²) in [5.41, 5.74) is 3.19. The van der Waals surface area contributed by atoms with Crippen LogP contribution in [0.1, 0.15) is 11.1 Å². The van der Waals surface area contributed by atoms with Crippen molar-refractivity contribution in [1.29, 1.82) is 0 Å². The van der Waals surface area contributed by atoms with Gasteiger partial charge in [0.1, 0.15) is 12.3 Å². The summed E-state index contributed by atoms with van der Waals surface area (Å²) < 4.78 is 11.2. The Morgan fingerprint density at radius 1 is 1.14 bits per heavy atom. The fraction of sp³-hybridized carbons (Fsp3) is 0.364. The molecule has 0 aliphatic carbocycles. The second-order valence-corrected chi connectivity index (χ2v) is 7.24. The predicted octanol–water partition coefficient (Wildman–Crippen LogP) is 2.19. The van der Waals surface area contributed by atoms with Crippen molar-refractivity contribution in [3.8, 4) is 5.75 Å². The van der Waals surface area contributed by atoms with Gasteiger partial charge in [-0.25, -0.2) is 4.79 Å². The third kappa shape index (κ3) is 4.19. The van der Waals surface area contributed by atoms with Crippen LogP contribution in [0, 0.1) is 0 Å². The molecular weight excluding hydrogens is 370 g/mol. The van der Waals surface area contributed by atoms with Gasteiger partial charge < -0.3 is 19.7 Å². The molecule has 0 bridgehead atoms. The molecule has 7 heteroatoms. The molecule has 1 saturated heterocycles. The molecular formula is C22H25N3O4. The standard InChI is InChI=1S/C22H25N3O4/c1-28-20-9-5-4-8-19(20)25-11-10-24(22(25)27)14-21(26)23-13-18-12-16-6-2-3-7-17(16)15-29-18/h2-9,18H,10-15H2,1H3,(H,23,26). The number of carbonyl (C=O) groups is 2. The Hall–Kier alpha value is -3.06. The Balaban J connectivity index is 1.29. The lowest BCUT2D eigenvalue weighted by atomic mass is 9.99. The van der Waals surface area contributed by atoms with Crippen LogP contribution in [-0.4, -0.2) is 56.2 Å². The van der Waals surface area contributed by atoms with Crippen molar-refractivity contribution >= 4 is 17.6 Å². The number of benzene rings is 2. The number of anilines is 1. The number of para-hydroxylation sites is 2. The summed E-state index contributed by atoms with van der Waals surface area (Å²) in [5, 5.41) is 2.91. The van der Waals surface area contributed by atoms with Crippen LogP contribution >= 0.6 is 0 Å². The van der Waals surface area contributed by atoms with E-state index in [0.717, 1.165) is 12.1 Å². The lowest BCUT2D eigenvalue weighted by Crippen LogP contribution is -2.43. The van der Waals surface area contributed by atoms with E-state index >= 15 is 0 Å². The molecule has 1 atom stereocenters. The average molecular weight is 395 g/mol. The molecule has 152 valence electrons. The number of hydrogen-bond acceptors (Lipinski definition) is 4. The van der Waals surface area contributed by atoms with Gasteiger partial charge in [-0.05, 0) is 23.3 Å². The number of nitrogens with zero attached hydrogens (tertiary/aromatic N) is 2. The van der Waals surface area contributed by atoms with Gasteiger partial charge in [0.2, 0.25) is 5.91 Å². The van der Waals surface area contributed by atoms with E-state index in [4.69, 9.17) is 9.47 Å². The van der Waals surface area contributed by atoms with E-state index in [1.807, 2.05) is 36.4 Å². The number of carbonyl (C=O) groups excluding carboxylic acids is 2. The zero-order valence-electron chi connectivity index (χ0n) is 16.5. The molecule has 4 rings (SSSR count). The van der Waals surface area contributed by atoms with Crippen LogP contribution in [0.25, 0.3) is 0 Å². The third-order valence-electron chi connectivity index (χ3n) is 5.37. The van der Waals surface area contributed by atoms with Crippen molar-refractivity contribution < 1.29 is 19.1 Å². The zero-order chi connectivity index (χ0) is 20.2. The Labute approximate surface area is 170 Å². The SMILES string of the molecule is COc1ccccc1N1CCN(CC(=O)NCC2Cc3ccccc3CO2)C1=O. The molecule has 0 radical (unpaired) electrons. The summed E-state index contributed by atoms with van der Waals surface area (Å²) in [5.74, 6) is 0.463. The van der Waals surface area contributed by atoms with E-state index in [2.05, 4.69) is 17.4 Å². The minimum Gasteiger partial charge on any atom is -0.495 e. The van der Waals surface area contributed by atoms with Crippen molar-refractivity contribution in [2.24, 2.45) is 0 Å². The molecule has 2 aliphatic rings. The van der Waals surface area contributed by atoms with Gasteiger partial charge in [0.05, 0.1) is 25.5 Å². The minimum absolute atomic E-state index is 0.0355. The summed E-state index contributed by atoms with van der Waals surface area (Å²) in [4.78, 5) is 28.3. The first kappa shape index (κ1) is 19.3. The van der Waals surface area contributed by atoms with E-state index in [9.17, 15) is 9.59 Å². The molecule has 2 aliphatic heterocycles. The largest absolute Gasteiger partial charge is 0.495 e. The number of amides is 3. The Morgan fingerprint density at radius 2 is 1.90 bits per heavy atom. The quantitative estimate of drug-likeness (QED) is 0.814. The van der Waals surface area contributed by atoms with Crippen molar-refractivity contribution in [3.63, 3.8) is 0 Å². The van der Waals surface area contributed by atoms with Crippen molar-refractivity contribution in [3.05, 3.63) is 59.7 Å². The second-order valence-electron chi connectivity index (χ2n) is 7.24.